The van der Waals surface area contributed by atoms with Gasteiger partial charge in [0.15, 0.2) is 11.9 Å². The van der Waals surface area contributed by atoms with Gasteiger partial charge < -0.3 is 9.47 Å². The Kier molecular flexibility index (Phi) is 4.51. The maximum Gasteiger partial charge on any atom is 0.201 e. The molecule has 4 aliphatic heterocycles. The van der Waals surface area contributed by atoms with Crippen LogP contribution in [0.25, 0.3) is 0 Å². The topological polar surface area (TPSA) is 36.9 Å². The van der Waals surface area contributed by atoms with Gasteiger partial charge in [-0.2, -0.15) is 0 Å². The van der Waals surface area contributed by atoms with Crippen molar-refractivity contribution < 1.29 is 19.2 Å². The van der Waals surface area contributed by atoms with E-state index in [2.05, 4.69) is 54.0 Å². The second-order valence-corrected chi connectivity index (χ2v) is 11.8. The first-order valence-corrected chi connectivity index (χ1v) is 11.6. The van der Waals surface area contributed by atoms with Crippen LogP contribution in [0, 0.1) is 17.8 Å². The van der Waals surface area contributed by atoms with Gasteiger partial charge in [0.2, 0.25) is 5.79 Å². The van der Waals surface area contributed by atoms with Crippen LogP contribution in [0.4, 0.5) is 0 Å². The van der Waals surface area contributed by atoms with Crippen molar-refractivity contribution in [3.05, 3.63) is 30.3 Å². The summed E-state index contributed by atoms with van der Waals surface area (Å²) in [5.74, 6) is 0.486. The predicted octanol–water partition coefficient (Wildman–Crippen LogP) is 5.50. The highest BCUT2D eigenvalue weighted by molar-refractivity contribution is 9.10. The number of thioether (sulfide) groups is 1. The zero-order valence-electron chi connectivity index (χ0n) is 16.0. The Balaban J connectivity index is 1.55. The summed E-state index contributed by atoms with van der Waals surface area (Å²) in [7, 11) is 0. The predicted molar refractivity (Wildman–Crippen MR) is 107 cm³/mol. The molecule has 1 aliphatic carbocycles. The van der Waals surface area contributed by atoms with Crippen LogP contribution < -0.4 is 0 Å². The molecule has 4 heterocycles. The SMILES string of the molecule is C[C@@H]1CC[C@H]2C(C)(Br)[C@H](Sc3ccccc3)O[C@@H]3O[C@@]4(C)CC[C@@H]1[C@]32OO4. The average Bonchev–Trinajstić information content (AvgIpc) is 2.86. The largest absolute Gasteiger partial charge is 0.334 e. The van der Waals surface area contributed by atoms with Crippen LogP contribution in [0.5, 0.6) is 0 Å². The van der Waals surface area contributed by atoms with Gasteiger partial charge in [0.25, 0.3) is 0 Å². The fourth-order valence-electron chi connectivity index (χ4n) is 5.62. The Morgan fingerprint density at radius 2 is 1.85 bits per heavy atom. The number of fused-ring (bicyclic) bond motifs is 2. The van der Waals surface area contributed by atoms with Crippen molar-refractivity contribution in [2.75, 3.05) is 0 Å². The summed E-state index contributed by atoms with van der Waals surface area (Å²) < 4.78 is 12.8. The van der Waals surface area contributed by atoms with E-state index in [1.807, 2.05) is 13.0 Å². The van der Waals surface area contributed by atoms with Gasteiger partial charge in [-0.3, -0.25) is 0 Å². The van der Waals surface area contributed by atoms with Crippen molar-refractivity contribution in [3.63, 3.8) is 0 Å². The van der Waals surface area contributed by atoms with E-state index in [9.17, 15) is 0 Å². The number of hydrogen-bond donors (Lipinski definition) is 0. The van der Waals surface area contributed by atoms with Gasteiger partial charge in [0.1, 0.15) is 5.44 Å². The molecule has 1 spiro atoms. The third-order valence-electron chi connectivity index (χ3n) is 7.09. The maximum atomic E-state index is 6.65. The van der Waals surface area contributed by atoms with E-state index in [-0.39, 0.29) is 15.7 Å². The molecule has 2 bridgehead atoms. The number of halogens is 1. The second kappa shape index (κ2) is 6.44. The molecular formula is C21H27BrO4S. The smallest absolute Gasteiger partial charge is 0.201 e. The average molecular weight is 455 g/mol. The third kappa shape index (κ3) is 2.78. The molecule has 0 radical (unpaired) electrons. The highest BCUT2D eigenvalue weighted by Crippen LogP contribution is 2.64. The highest BCUT2D eigenvalue weighted by Gasteiger charge is 2.72. The van der Waals surface area contributed by atoms with Crippen LogP contribution in [-0.2, 0) is 19.2 Å². The van der Waals surface area contributed by atoms with Crippen LogP contribution in [0.3, 0.4) is 0 Å². The van der Waals surface area contributed by atoms with Gasteiger partial charge >= 0.3 is 0 Å². The molecule has 0 aromatic heterocycles. The lowest BCUT2D eigenvalue weighted by Gasteiger charge is -2.62. The molecule has 1 aromatic carbocycles. The summed E-state index contributed by atoms with van der Waals surface area (Å²) in [4.78, 5) is 13.3. The van der Waals surface area contributed by atoms with Crippen molar-refractivity contribution in [2.45, 2.75) is 78.8 Å². The zero-order chi connectivity index (χ0) is 18.9. The maximum absolute atomic E-state index is 6.65. The second-order valence-electron chi connectivity index (χ2n) is 8.91. The Bertz CT molecular complexity index is 715. The minimum absolute atomic E-state index is 0.0684. The Morgan fingerprint density at radius 1 is 1.07 bits per heavy atom. The molecular weight excluding hydrogens is 428 g/mol. The molecule has 27 heavy (non-hydrogen) atoms. The first-order chi connectivity index (χ1) is 12.9. The monoisotopic (exact) mass is 454 g/mol. The summed E-state index contributed by atoms with van der Waals surface area (Å²) in [6, 6.07) is 10.4. The third-order valence-corrected chi connectivity index (χ3v) is 9.72. The van der Waals surface area contributed by atoms with Crippen LogP contribution in [0.2, 0.25) is 0 Å². The van der Waals surface area contributed by atoms with Gasteiger partial charge in [-0.1, -0.05) is 52.8 Å². The number of alkyl halides is 1. The van der Waals surface area contributed by atoms with Crippen molar-refractivity contribution >= 4 is 27.7 Å². The number of rotatable bonds is 2. The van der Waals surface area contributed by atoms with Crippen molar-refractivity contribution in [3.8, 4) is 0 Å². The van der Waals surface area contributed by atoms with E-state index in [1.54, 1.807) is 11.8 Å². The van der Waals surface area contributed by atoms with Gasteiger partial charge in [0.05, 0.1) is 4.32 Å². The Labute approximate surface area is 173 Å². The number of ether oxygens (including phenoxy) is 2. The first-order valence-electron chi connectivity index (χ1n) is 9.96. The van der Waals surface area contributed by atoms with Crippen molar-refractivity contribution in [2.24, 2.45) is 17.8 Å². The summed E-state index contributed by atoms with van der Waals surface area (Å²) in [6.45, 7) is 6.56. The van der Waals surface area contributed by atoms with E-state index in [1.165, 1.54) is 11.3 Å². The molecule has 6 heteroatoms. The zero-order valence-corrected chi connectivity index (χ0v) is 18.4. The quantitative estimate of drug-likeness (QED) is 0.435. The first kappa shape index (κ1) is 18.9. The minimum Gasteiger partial charge on any atom is -0.334 e. The van der Waals surface area contributed by atoms with Crippen LogP contribution >= 0.6 is 27.7 Å². The number of hydrogen-bond acceptors (Lipinski definition) is 5. The lowest BCUT2D eigenvalue weighted by Crippen LogP contribution is -2.73. The van der Waals surface area contributed by atoms with Crippen molar-refractivity contribution in [1.82, 2.24) is 0 Å². The summed E-state index contributed by atoms with van der Waals surface area (Å²) >= 11 is 5.84. The molecule has 5 fully saturated rings. The van der Waals surface area contributed by atoms with E-state index < -0.39 is 17.7 Å². The Morgan fingerprint density at radius 3 is 2.63 bits per heavy atom. The molecule has 0 amide bonds. The standard InChI is InChI=1S/C21H27BrO4S/c1-13-9-10-16-20(3,22)18(27-14-7-5-4-6-8-14)23-17-21(16)15(13)11-12-19(2,24-17)25-26-21/h4-8,13,15-18H,9-12H2,1-3H3/t13-,15+,16+,17-,18+,19-,20?,21-/m1/s1. The molecule has 4 saturated heterocycles. The molecule has 0 N–H and O–H groups in total. The van der Waals surface area contributed by atoms with Gasteiger partial charge in [-0.05, 0) is 57.1 Å². The molecule has 1 aromatic rings. The fraction of sp³-hybridized carbons (Fsp3) is 0.714. The lowest BCUT2D eigenvalue weighted by atomic mass is 9.58. The van der Waals surface area contributed by atoms with Crippen LogP contribution in [0.15, 0.2) is 35.2 Å². The van der Waals surface area contributed by atoms with Gasteiger partial charge in [0, 0.05) is 17.2 Å². The molecule has 6 rings (SSSR count). The van der Waals surface area contributed by atoms with Crippen LogP contribution in [-0.4, -0.2) is 27.4 Å². The molecule has 148 valence electrons. The van der Waals surface area contributed by atoms with Crippen molar-refractivity contribution in [1.29, 1.82) is 0 Å². The van der Waals surface area contributed by atoms with E-state index in [4.69, 9.17) is 19.2 Å². The summed E-state index contributed by atoms with van der Waals surface area (Å²) in [5.41, 5.74) is -0.610. The minimum atomic E-state index is -0.723. The number of benzene rings is 1. The summed E-state index contributed by atoms with van der Waals surface area (Å²) in [5, 5.41) is 0. The fourth-order valence-corrected chi connectivity index (χ4v) is 7.70. The van der Waals surface area contributed by atoms with E-state index >= 15 is 0 Å². The molecule has 5 aliphatic rings. The molecule has 1 unspecified atom stereocenters. The van der Waals surface area contributed by atoms with E-state index in [0.717, 1.165) is 19.3 Å². The van der Waals surface area contributed by atoms with Crippen LogP contribution in [0.1, 0.15) is 46.5 Å². The Hall–Kier alpha value is -0.110. The van der Waals surface area contributed by atoms with Gasteiger partial charge in [-0.15, -0.1) is 0 Å². The van der Waals surface area contributed by atoms with Gasteiger partial charge in [-0.25, -0.2) is 9.78 Å². The summed E-state index contributed by atoms with van der Waals surface area (Å²) in [6.07, 6.45) is 3.77. The highest BCUT2D eigenvalue weighted by atomic mass is 79.9. The molecule has 4 nitrogen and oxygen atoms in total. The lowest BCUT2D eigenvalue weighted by molar-refractivity contribution is -0.566. The molecule has 8 atom stereocenters. The normalized spacial score (nSPS) is 51.5. The molecule has 1 saturated carbocycles. The van der Waals surface area contributed by atoms with E-state index in [0.29, 0.717) is 11.8 Å².